The summed E-state index contributed by atoms with van der Waals surface area (Å²) >= 11 is 1.67. The molecule has 0 amide bonds. The Balaban J connectivity index is 1.99. The van der Waals surface area contributed by atoms with Gasteiger partial charge in [-0.15, -0.1) is 11.8 Å². The number of rotatable bonds is 4. The molecule has 0 saturated carbocycles. The van der Waals surface area contributed by atoms with Gasteiger partial charge >= 0.3 is 0 Å². The van der Waals surface area contributed by atoms with Crippen molar-refractivity contribution in [3.05, 3.63) is 59.8 Å². The molecule has 0 aliphatic carbocycles. The number of nitrogens with zero attached hydrogens (tertiary/aromatic N) is 2. The van der Waals surface area contributed by atoms with Crippen molar-refractivity contribution >= 4 is 17.6 Å². The smallest absolute Gasteiger partial charge is 0.170 e. The Hall–Kier alpha value is -2.01. The molecule has 18 heavy (non-hydrogen) atoms. The first-order chi connectivity index (χ1) is 8.79. The van der Waals surface area contributed by atoms with Gasteiger partial charge in [0.25, 0.3) is 0 Å². The summed E-state index contributed by atoms with van der Waals surface area (Å²) in [4.78, 5) is 4.24. The number of aromatic nitrogens is 1. The van der Waals surface area contributed by atoms with E-state index in [1.807, 2.05) is 42.5 Å². The van der Waals surface area contributed by atoms with Crippen LogP contribution in [0.15, 0.2) is 58.8 Å². The minimum Gasteiger partial charge on any atom is -0.409 e. The van der Waals surface area contributed by atoms with Crippen molar-refractivity contribution in [2.45, 2.75) is 10.8 Å². The Morgan fingerprint density at radius 1 is 1.22 bits per heavy atom. The maximum absolute atomic E-state index is 8.56. The molecule has 2 rings (SSSR count). The van der Waals surface area contributed by atoms with E-state index in [0.29, 0.717) is 5.56 Å². The van der Waals surface area contributed by atoms with Crippen molar-refractivity contribution in [2.24, 2.45) is 10.9 Å². The molecule has 0 spiro atoms. The van der Waals surface area contributed by atoms with Gasteiger partial charge in [-0.1, -0.05) is 35.5 Å². The number of hydrogen-bond acceptors (Lipinski definition) is 4. The number of benzene rings is 1. The van der Waals surface area contributed by atoms with Gasteiger partial charge in [0, 0.05) is 17.5 Å². The summed E-state index contributed by atoms with van der Waals surface area (Å²) in [7, 11) is 0. The zero-order valence-electron chi connectivity index (χ0n) is 9.65. The second kappa shape index (κ2) is 6.07. The lowest BCUT2D eigenvalue weighted by Gasteiger charge is -2.03. The molecule has 3 N–H and O–H groups in total. The summed E-state index contributed by atoms with van der Waals surface area (Å²) < 4.78 is 0. The lowest BCUT2D eigenvalue weighted by Crippen LogP contribution is -2.12. The first-order valence-corrected chi connectivity index (χ1v) is 6.39. The van der Waals surface area contributed by atoms with Gasteiger partial charge in [-0.3, -0.25) is 0 Å². The second-order valence-corrected chi connectivity index (χ2v) is 4.63. The SMILES string of the molecule is N/C(=N\O)c1ccc(CSc2ccccn2)cc1. The van der Waals surface area contributed by atoms with Gasteiger partial charge < -0.3 is 10.9 Å². The van der Waals surface area contributed by atoms with Crippen LogP contribution in [0, 0.1) is 0 Å². The largest absolute Gasteiger partial charge is 0.409 e. The van der Waals surface area contributed by atoms with E-state index in [9.17, 15) is 0 Å². The monoisotopic (exact) mass is 259 g/mol. The van der Waals surface area contributed by atoms with E-state index in [2.05, 4.69) is 10.1 Å². The number of amidine groups is 1. The fraction of sp³-hybridized carbons (Fsp3) is 0.0769. The third kappa shape index (κ3) is 3.24. The minimum atomic E-state index is 0.124. The zero-order chi connectivity index (χ0) is 12.8. The summed E-state index contributed by atoms with van der Waals surface area (Å²) in [5.41, 5.74) is 7.37. The maximum atomic E-state index is 8.56. The molecule has 0 aliphatic rings. The summed E-state index contributed by atoms with van der Waals surface area (Å²) in [6, 6.07) is 13.4. The van der Waals surface area contributed by atoms with Crippen molar-refractivity contribution in [1.29, 1.82) is 0 Å². The molecule has 0 fully saturated rings. The van der Waals surface area contributed by atoms with Crippen molar-refractivity contribution < 1.29 is 5.21 Å². The van der Waals surface area contributed by atoms with Crippen LogP contribution in [0.25, 0.3) is 0 Å². The van der Waals surface area contributed by atoms with E-state index in [4.69, 9.17) is 10.9 Å². The average molecular weight is 259 g/mol. The number of thioether (sulfide) groups is 1. The van der Waals surface area contributed by atoms with Crippen molar-refractivity contribution in [3.63, 3.8) is 0 Å². The van der Waals surface area contributed by atoms with E-state index in [1.165, 1.54) is 5.56 Å². The van der Waals surface area contributed by atoms with Crippen molar-refractivity contribution in [3.8, 4) is 0 Å². The molecule has 1 heterocycles. The van der Waals surface area contributed by atoms with E-state index >= 15 is 0 Å². The fourth-order valence-electron chi connectivity index (χ4n) is 1.42. The van der Waals surface area contributed by atoms with Crippen LogP contribution in [0.1, 0.15) is 11.1 Å². The van der Waals surface area contributed by atoms with Crippen molar-refractivity contribution in [1.82, 2.24) is 4.98 Å². The molecule has 4 nitrogen and oxygen atoms in total. The van der Waals surface area contributed by atoms with Gasteiger partial charge in [-0.05, 0) is 17.7 Å². The number of hydrogen-bond donors (Lipinski definition) is 2. The van der Waals surface area contributed by atoms with Gasteiger partial charge in [0.1, 0.15) is 0 Å². The highest BCUT2D eigenvalue weighted by molar-refractivity contribution is 7.98. The maximum Gasteiger partial charge on any atom is 0.170 e. The molecule has 1 aromatic heterocycles. The highest BCUT2D eigenvalue weighted by Gasteiger charge is 2.00. The Bertz CT molecular complexity index is 526. The Morgan fingerprint density at radius 3 is 2.61 bits per heavy atom. The Morgan fingerprint density at radius 2 is 2.00 bits per heavy atom. The lowest BCUT2D eigenvalue weighted by molar-refractivity contribution is 0.318. The third-order valence-corrected chi connectivity index (χ3v) is 3.40. The predicted molar refractivity (Wildman–Crippen MR) is 72.8 cm³/mol. The highest BCUT2D eigenvalue weighted by atomic mass is 32.2. The molecule has 0 aliphatic heterocycles. The Labute approximate surface area is 110 Å². The predicted octanol–water partition coefficient (Wildman–Crippen LogP) is 2.47. The van der Waals surface area contributed by atoms with Gasteiger partial charge in [0.15, 0.2) is 5.84 Å². The van der Waals surface area contributed by atoms with Gasteiger partial charge in [-0.2, -0.15) is 0 Å². The number of pyridine rings is 1. The Kier molecular flexibility index (Phi) is 4.20. The topological polar surface area (TPSA) is 71.5 Å². The quantitative estimate of drug-likeness (QED) is 0.291. The van der Waals surface area contributed by atoms with Crippen LogP contribution < -0.4 is 5.73 Å². The van der Waals surface area contributed by atoms with Crippen LogP contribution in [0.4, 0.5) is 0 Å². The minimum absolute atomic E-state index is 0.124. The molecule has 0 atom stereocenters. The van der Waals surface area contributed by atoms with E-state index in [-0.39, 0.29) is 5.84 Å². The third-order valence-electron chi connectivity index (χ3n) is 2.38. The summed E-state index contributed by atoms with van der Waals surface area (Å²) in [6.45, 7) is 0. The molecule has 1 aromatic carbocycles. The van der Waals surface area contributed by atoms with Crippen LogP contribution in [-0.2, 0) is 5.75 Å². The fourth-order valence-corrected chi connectivity index (χ4v) is 2.24. The second-order valence-electron chi connectivity index (χ2n) is 3.64. The van der Waals surface area contributed by atoms with E-state index in [1.54, 1.807) is 18.0 Å². The standard InChI is InChI=1S/C13H13N3OS/c14-13(16-17)11-6-4-10(5-7-11)9-18-12-3-1-2-8-15-12/h1-8,17H,9H2,(H2,14,16). The van der Waals surface area contributed by atoms with Crippen molar-refractivity contribution in [2.75, 3.05) is 0 Å². The molecular weight excluding hydrogens is 246 g/mol. The average Bonchev–Trinajstić information content (AvgIpc) is 2.46. The van der Waals surface area contributed by atoms with Crippen LogP contribution in [0.2, 0.25) is 0 Å². The summed E-state index contributed by atoms with van der Waals surface area (Å²) in [6.07, 6.45) is 1.78. The van der Waals surface area contributed by atoms with Crippen LogP contribution in [-0.4, -0.2) is 16.0 Å². The molecular formula is C13H13N3OS. The van der Waals surface area contributed by atoms with Crippen LogP contribution in [0.5, 0.6) is 0 Å². The molecule has 5 heteroatoms. The first kappa shape index (κ1) is 12.4. The number of oxime groups is 1. The molecule has 0 unspecified atom stereocenters. The molecule has 92 valence electrons. The first-order valence-electron chi connectivity index (χ1n) is 5.40. The summed E-state index contributed by atoms with van der Waals surface area (Å²) in [5.74, 6) is 0.965. The van der Waals surface area contributed by atoms with Gasteiger partial charge in [0.05, 0.1) is 5.03 Å². The molecule has 0 saturated heterocycles. The lowest BCUT2D eigenvalue weighted by atomic mass is 10.1. The zero-order valence-corrected chi connectivity index (χ0v) is 10.5. The van der Waals surface area contributed by atoms with Crippen LogP contribution >= 0.6 is 11.8 Å². The van der Waals surface area contributed by atoms with E-state index in [0.717, 1.165) is 10.8 Å². The molecule has 0 radical (unpaired) electrons. The summed E-state index contributed by atoms with van der Waals surface area (Å²) in [5, 5.41) is 12.5. The normalized spacial score (nSPS) is 11.4. The molecule has 2 aromatic rings. The van der Waals surface area contributed by atoms with Gasteiger partial charge in [-0.25, -0.2) is 4.98 Å². The van der Waals surface area contributed by atoms with Crippen LogP contribution in [0.3, 0.4) is 0 Å². The number of nitrogens with two attached hydrogens (primary N) is 1. The van der Waals surface area contributed by atoms with Gasteiger partial charge in [0.2, 0.25) is 0 Å². The highest BCUT2D eigenvalue weighted by Crippen LogP contribution is 2.20. The molecule has 0 bridgehead atoms. The van der Waals surface area contributed by atoms with E-state index < -0.39 is 0 Å².